The molecule has 0 aliphatic carbocycles. The van der Waals surface area contributed by atoms with Crippen molar-refractivity contribution in [3.05, 3.63) is 144 Å². The van der Waals surface area contributed by atoms with Crippen molar-refractivity contribution < 1.29 is 86.0 Å². The summed E-state index contributed by atoms with van der Waals surface area (Å²) >= 11 is 0. The first kappa shape index (κ1) is 103. The van der Waals surface area contributed by atoms with Crippen LogP contribution in [-0.2, 0) is 84.5 Å². The minimum atomic E-state index is -1.48. The minimum Gasteiger partial charge on any atom is -0.468 e. The molecule has 2 saturated heterocycles. The van der Waals surface area contributed by atoms with Gasteiger partial charge in [0, 0.05) is 57.4 Å². The van der Waals surface area contributed by atoms with Crippen LogP contribution in [0.2, 0.25) is 0 Å². The van der Waals surface area contributed by atoms with Gasteiger partial charge in [-0.15, -0.1) is 0 Å². The maximum absolute atomic E-state index is 14.6. The lowest BCUT2D eigenvalue weighted by atomic mass is 9.87. The molecule has 0 bridgehead atoms. The Morgan fingerprint density at radius 3 is 1.18 bits per heavy atom. The summed E-state index contributed by atoms with van der Waals surface area (Å²) in [5.41, 5.74) is 16.5. The number of hydrogen-bond donors (Lipinski definition) is 12. The predicted octanol–water partition coefficient (Wildman–Crippen LogP) is 7.66. The number of amides is 11. The monoisotopic (exact) mass is 1720 g/mol. The summed E-state index contributed by atoms with van der Waals surface area (Å²) in [5.74, 6) is -6.53. The van der Waals surface area contributed by atoms with Gasteiger partial charge in [0.25, 0.3) is 0 Å². The Morgan fingerprint density at radius 2 is 0.772 bits per heavy atom. The molecule has 4 aromatic rings. The lowest BCUT2D eigenvalue weighted by Gasteiger charge is -2.41. The number of carbonyl (C=O) groups is 13. The third-order valence-corrected chi connectivity index (χ3v) is 21.0. The Kier molecular flexibility index (Phi) is 40.9. The number of benzene rings is 4. The third kappa shape index (κ3) is 35.2. The zero-order valence-electron chi connectivity index (χ0n) is 75.1. The Bertz CT molecular complexity index is 4070. The van der Waals surface area contributed by atoms with Crippen LogP contribution in [0.15, 0.2) is 121 Å². The lowest BCUT2D eigenvalue weighted by molar-refractivity contribution is -0.153. The normalized spacial score (nSPS) is 16.3. The zero-order chi connectivity index (χ0) is 91.6. The average molecular weight is 1720 g/mol. The van der Waals surface area contributed by atoms with Crippen LogP contribution in [0.4, 0.5) is 14.4 Å². The van der Waals surface area contributed by atoms with Gasteiger partial charge in [0.2, 0.25) is 47.3 Å². The first-order valence-electron chi connectivity index (χ1n) is 42.8. The van der Waals surface area contributed by atoms with E-state index in [1.165, 1.54) is 19.1 Å². The zero-order valence-corrected chi connectivity index (χ0v) is 75.1. The van der Waals surface area contributed by atoms with E-state index in [-0.39, 0.29) is 114 Å². The molecule has 0 saturated carbocycles. The first-order valence-corrected chi connectivity index (χ1v) is 42.8. The van der Waals surface area contributed by atoms with Gasteiger partial charge in [0.1, 0.15) is 70.2 Å². The molecular weight excluding hydrogens is 1580 g/mol. The van der Waals surface area contributed by atoms with E-state index >= 15 is 0 Å². The number of ether oxygens (including phenoxy) is 5. The predicted molar refractivity (Wildman–Crippen MR) is 467 cm³/mol. The van der Waals surface area contributed by atoms with Crippen LogP contribution < -0.4 is 65.1 Å². The number of carbonyl (C=O) groups excluding carboxylic acids is 13. The molecule has 0 aromatic heterocycles. The molecule has 2 fully saturated rings. The molecule has 6 rings (SSSR count). The molecule has 0 spiro atoms. The molecule has 15 N–H and O–H groups in total. The highest BCUT2D eigenvalue weighted by atomic mass is 16.6. The van der Waals surface area contributed by atoms with Gasteiger partial charge >= 0.3 is 30.2 Å². The number of likely N-dealkylation sites (tertiary alicyclic amines) is 2. The van der Waals surface area contributed by atoms with Gasteiger partial charge in [0.05, 0.1) is 20.3 Å². The number of nitrogens with two attached hydrogens (primary N) is 3. The van der Waals surface area contributed by atoms with Crippen LogP contribution in [0.25, 0.3) is 0 Å². The van der Waals surface area contributed by atoms with Gasteiger partial charge in [-0.05, 0) is 180 Å². The van der Waals surface area contributed by atoms with Gasteiger partial charge in [-0.25, -0.2) is 19.2 Å². The summed E-state index contributed by atoms with van der Waals surface area (Å²) in [6, 6.07) is 28.3. The van der Waals surface area contributed by atoms with E-state index in [1.807, 2.05) is 132 Å². The molecule has 2 heterocycles. The Hall–Kier alpha value is -10.7. The molecular formula is C91H138N14O18. The molecule has 680 valence electrons. The molecule has 123 heavy (non-hydrogen) atoms. The van der Waals surface area contributed by atoms with Crippen molar-refractivity contribution in [3.8, 4) is 0 Å². The fraction of sp³-hybridized carbons (Fsp3) is 0.593. The molecule has 4 aromatic carbocycles. The van der Waals surface area contributed by atoms with Gasteiger partial charge < -0.3 is 98.5 Å². The molecule has 32 nitrogen and oxygen atoms in total. The maximum Gasteiger partial charge on any atom is 0.408 e. The van der Waals surface area contributed by atoms with Crippen molar-refractivity contribution in [1.29, 1.82) is 0 Å². The second kappa shape index (κ2) is 48.9. The molecule has 2 aliphatic heterocycles. The van der Waals surface area contributed by atoms with E-state index < -0.39 is 154 Å². The Labute approximate surface area is 725 Å². The van der Waals surface area contributed by atoms with Crippen LogP contribution in [0, 0.1) is 11.8 Å². The van der Waals surface area contributed by atoms with Crippen molar-refractivity contribution in [3.63, 3.8) is 0 Å². The summed E-state index contributed by atoms with van der Waals surface area (Å²) in [4.78, 5) is 180. The molecule has 10 atom stereocenters. The molecule has 11 amide bonds. The third-order valence-electron chi connectivity index (χ3n) is 21.0. The van der Waals surface area contributed by atoms with Gasteiger partial charge in [-0.3, -0.25) is 43.2 Å². The fourth-order valence-corrected chi connectivity index (χ4v) is 14.3. The summed E-state index contributed by atoms with van der Waals surface area (Å²) < 4.78 is 26.2. The van der Waals surface area contributed by atoms with Crippen LogP contribution in [0.1, 0.15) is 215 Å². The number of nitrogens with one attached hydrogen (secondary N) is 9. The number of alkyl carbamates (subject to hydrolysis) is 3. The van der Waals surface area contributed by atoms with E-state index in [0.717, 1.165) is 16.7 Å². The van der Waals surface area contributed by atoms with E-state index in [2.05, 4.69) is 47.9 Å². The van der Waals surface area contributed by atoms with Crippen LogP contribution >= 0.6 is 0 Å². The summed E-state index contributed by atoms with van der Waals surface area (Å²) in [5, 5.41) is 25.4. The molecule has 0 radical (unpaired) electrons. The topological polar surface area (TPSA) is 461 Å². The first-order chi connectivity index (χ1) is 57.8. The number of unbranched alkanes of at least 4 members (excludes halogenated alkanes) is 2. The number of hydrogen-bond acceptors (Lipinski definition) is 21. The van der Waals surface area contributed by atoms with E-state index in [4.69, 9.17) is 40.9 Å². The number of rotatable bonds is 39. The van der Waals surface area contributed by atoms with Crippen molar-refractivity contribution in [2.45, 2.75) is 282 Å². The van der Waals surface area contributed by atoms with E-state index in [1.54, 1.807) is 98.4 Å². The van der Waals surface area contributed by atoms with Gasteiger partial charge in [-0.1, -0.05) is 163 Å². The highest BCUT2D eigenvalue weighted by molar-refractivity contribution is 5.97. The number of nitrogens with zero attached hydrogens (tertiary/aromatic N) is 2. The lowest BCUT2D eigenvalue weighted by Crippen LogP contribution is -2.63. The van der Waals surface area contributed by atoms with Gasteiger partial charge in [-0.2, -0.15) is 0 Å². The highest BCUT2D eigenvalue weighted by Gasteiger charge is 2.48. The second-order valence-corrected chi connectivity index (χ2v) is 35.8. The summed E-state index contributed by atoms with van der Waals surface area (Å²) in [7, 11) is 2.49. The smallest absolute Gasteiger partial charge is 0.408 e. The highest BCUT2D eigenvalue weighted by Crippen LogP contribution is 2.29. The Balaban J connectivity index is 0.000000463. The molecule has 2 aliphatic rings. The SMILES string of the molecule is COC(=O)C1(N)CCN(C(=O)[C@@H](CCCCN)NC(=O)[C@@H](CC(C)C)NC(=O)[C@@H](Cc2ccccc2)NC(=O)[C@H](N)[C@H](C)c2ccccc2)CC1.COC(=O)C1(NC(=O)OC(C)(C)C)CCN(C(=O)[C@@H](CCCCNC(=O)OC(C)(C)C)NC(=O)[C@@H](CC(C)C)NC(=O)[C@@H](Cc2ccccc2)NC(=O)[C@H](NC(=O)OC(C)(C)C)[C@H](C)c2ccccc2)CC1. The number of esters is 2. The minimum absolute atomic E-state index is 0.00726. The van der Waals surface area contributed by atoms with Gasteiger partial charge in [0.15, 0.2) is 0 Å². The van der Waals surface area contributed by atoms with Crippen molar-refractivity contribution in [1.82, 2.24) is 57.7 Å². The average Bonchev–Trinajstić information content (AvgIpc) is 0.795. The van der Waals surface area contributed by atoms with Crippen LogP contribution in [-0.4, -0.2) is 217 Å². The number of methoxy groups -OCH3 is 2. The largest absolute Gasteiger partial charge is 0.468 e. The number of piperidine rings is 2. The van der Waals surface area contributed by atoms with Crippen LogP contribution in [0.3, 0.4) is 0 Å². The quantitative estimate of drug-likeness (QED) is 0.0116. The fourth-order valence-electron chi connectivity index (χ4n) is 14.3. The van der Waals surface area contributed by atoms with Crippen LogP contribution in [0.5, 0.6) is 0 Å². The van der Waals surface area contributed by atoms with Crippen molar-refractivity contribution in [2.24, 2.45) is 29.0 Å². The Morgan fingerprint density at radius 1 is 0.415 bits per heavy atom. The second-order valence-electron chi connectivity index (χ2n) is 35.8. The summed E-state index contributed by atoms with van der Waals surface area (Å²) in [6.45, 7) is 27.8. The van der Waals surface area contributed by atoms with E-state index in [9.17, 15) is 62.3 Å². The van der Waals surface area contributed by atoms with E-state index in [0.29, 0.717) is 44.2 Å². The van der Waals surface area contributed by atoms with Crippen molar-refractivity contribution >= 4 is 77.5 Å². The maximum atomic E-state index is 14.6. The standard InChI is InChI=1S/C53H81N7O12.C38H57N7O6/c1-34(2)32-39(56-43(62)40(33-36-22-16-14-17-23-36)57-44(63)41(58-48(67)71-51(7,8)9)35(3)37-24-18-15-19-25-37)42(61)55-38(26-20-21-29-54-47(66)70-50(4,5)6)45(64)60-30-27-53(28-31-60,46(65)69-13)59-49(68)72-52(10,11)12;1-25(2)23-30(33(46)42-29(17-11-12-20-39)36(49)45-21-18-38(41,19-22-45)37(50)51-4)43-34(47)31(24-27-13-7-5-8-14-27)44-35(48)32(40)26(3)28-15-9-6-10-16-28/h14-19,22-25,34-35,38-41H,20-21,26-33H2,1-13H3,(H,54,66)(H,55,61)(H,56,62)(H,57,63)(H,58,67)(H,59,68);5-10,13-16,25-26,29-32H,11-12,17-24,39-41H2,1-4H3,(H,42,46)(H,43,47)(H,44,48)/t35-,38-,39-,40-,41-;26-,29-,30-,31-,32-/m11/s1. The summed E-state index contributed by atoms with van der Waals surface area (Å²) in [6.07, 6.45) is 1.35. The molecule has 0 unspecified atom stereocenters. The van der Waals surface area contributed by atoms with Crippen molar-refractivity contribution in [2.75, 3.05) is 53.5 Å². The molecule has 32 heteroatoms.